The number of esters is 1. The predicted molar refractivity (Wildman–Crippen MR) is 109 cm³/mol. The molecule has 136 valence electrons. The second-order valence-electron chi connectivity index (χ2n) is 6.10. The Hall–Kier alpha value is -1.92. The van der Waals surface area contributed by atoms with Crippen molar-refractivity contribution in [1.29, 1.82) is 0 Å². The number of nitrogens with one attached hydrogen (secondary N) is 1. The van der Waals surface area contributed by atoms with Gasteiger partial charge in [0.2, 0.25) is 0 Å². The van der Waals surface area contributed by atoms with Gasteiger partial charge in [-0.05, 0) is 43.7 Å². The largest absolute Gasteiger partial charge is 0.449 e. The van der Waals surface area contributed by atoms with Crippen LogP contribution in [0.4, 0.5) is 5.69 Å². The molecule has 1 heterocycles. The van der Waals surface area contributed by atoms with Gasteiger partial charge in [-0.3, -0.25) is 4.79 Å². The lowest BCUT2D eigenvalue weighted by Crippen LogP contribution is -2.30. The van der Waals surface area contributed by atoms with Crippen molar-refractivity contribution in [3.63, 3.8) is 0 Å². The van der Waals surface area contributed by atoms with Crippen molar-refractivity contribution in [3.05, 3.63) is 65.2 Å². The van der Waals surface area contributed by atoms with E-state index >= 15 is 0 Å². The summed E-state index contributed by atoms with van der Waals surface area (Å²) in [5, 5.41) is 2.75. The zero-order valence-electron chi connectivity index (χ0n) is 14.7. The Morgan fingerprint density at radius 2 is 1.65 bits per heavy atom. The quantitative estimate of drug-likeness (QED) is 0.757. The van der Waals surface area contributed by atoms with Gasteiger partial charge in [-0.2, -0.15) is 0 Å². The van der Waals surface area contributed by atoms with Gasteiger partial charge in [-0.1, -0.05) is 29.8 Å². The Morgan fingerprint density at radius 1 is 1.04 bits per heavy atom. The fourth-order valence-electron chi connectivity index (χ4n) is 2.49. The highest BCUT2D eigenvalue weighted by Crippen LogP contribution is 2.45. The fourth-order valence-corrected chi connectivity index (χ4v) is 5.35. The molecular formula is C20H21NO3S2. The van der Waals surface area contributed by atoms with Gasteiger partial charge in [-0.15, -0.1) is 23.5 Å². The van der Waals surface area contributed by atoms with E-state index in [4.69, 9.17) is 4.74 Å². The molecule has 0 aliphatic carbocycles. The van der Waals surface area contributed by atoms with Gasteiger partial charge >= 0.3 is 5.97 Å². The molecule has 4 nitrogen and oxygen atoms in total. The molecule has 1 aliphatic heterocycles. The number of ether oxygens (including phenoxy) is 1. The first-order chi connectivity index (χ1) is 12.5. The van der Waals surface area contributed by atoms with Crippen molar-refractivity contribution < 1.29 is 14.3 Å². The molecule has 0 spiro atoms. The first-order valence-electron chi connectivity index (χ1n) is 8.44. The van der Waals surface area contributed by atoms with E-state index in [0.29, 0.717) is 15.8 Å². The van der Waals surface area contributed by atoms with Gasteiger partial charge in [0.25, 0.3) is 5.91 Å². The molecule has 2 aromatic rings. The Morgan fingerprint density at radius 3 is 2.27 bits per heavy atom. The summed E-state index contributed by atoms with van der Waals surface area (Å²) in [6, 6.07) is 14.9. The number of anilines is 1. The molecule has 0 saturated carbocycles. The van der Waals surface area contributed by atoms with Crippen LogP contribution in [0.2, 0.25) is 0 Å². The van der Waals surface area contributed by atoms with E-state index in [1.165, 1.54) is 5.56 Å². The van der Waals surface area contributed by atoms with Crippen molar-refractivity contribution in [2.45, 2.75) is 24.5 Å². The number of carbonyl (C=O) groups excluding carboxylic acids is 2. The summed E-state index contributed by atoms with van der Waals surface area (Å²) < 4.78 is 5.74. The van der Waals surface area contributed by atoms with Crippen LogP contribution in [0.3, 0.4) is 0 Å². The van der Waals surface area contributed by atoms with Crippen LogP contribution in [0.1, 0.15) is 33.0 Å². The van der Waals surface area contributed by atoms with Gasteiger partial charge in [0.15, 0.2) is 6.10 Å². The number of rotatable bonds is 5. The molecule has 0 unspecified atom stereocenters. The number of benzene rings is 2. The minimum absolute atomic E-state index is 0.349. The Kier molecular flexibility index (Phi) is 6.27. The Bertz CT molecular complexity index is 769. The van der Waals surface area contributed by atoms with E-state index in [-0.39, 0.29) is 5.91 Å². The maximum Gasteiger partial charge on any atom is 0.338 e. The average molecular weight is 388 g/mol. The number of hydrogen-bond acceptors (Lipinski definition) is 5. The number of amides is 1. The van der Waals surface area contributed by atoms with Crippen LogP contribution in [-0.2, 0) is 9.53 Å². The molecule has 0 radical (unpaired) electrons. The third kappa shape index (κ3) is 4.83. The van der Waals surface area contributed by atoms with Gasteiger partial charge in [0.1, 0.15) is 0 Å². The Labute approximate surface area is 162 Å². The predicted octanol–water partition coefficient (Wildman–Crippen LogP) is 4.66. The van der Waals surface area contributed by atoms with Gasteiger partial charge < -0.3 is 10.1 Å². The average Bonchev–Trinajstić information content (AvgIpc) is 3.18. The molecule has 1 N–H and O–H groups in total. The summed E-state index contributed by atoms with van der Waals surface area (Å²) in [7, 11) is 0. The molecule has 3 rings (SSSR count). The van der Waals surface area contributed by atoms with Crippen LogP contribution >= 0.6 is 23.5 Å². The summed E-state index contributed by atoms with van der Waals surface area (Å²) in [6.45, 7) is 3.55. The molecule has 6 heteroatoms. The molecule has 1 amide bonds. The molecule has 1 atom stereocenters. The van der Waals surface area contributed by atoms with Gasteiger partial charge in [0.05, 0.1) is 10.1 Å². The normalized spacial score (nSPS) is 15.5. The topological polar surface area (TPSA) is 55.4 Å². The molecule has 2 aromatic carbocycles. The molecule has 26 heavy (non-hydrogen) atoms. The molecular weight excluding hydrogens is 366 g/mol. The summed E-state index contributed by atoms with van der Waals surface area (Å²) in [6.07, 6.45) is -0.871. The zero-order chi connectivity index (χ0) is 18.5. The first kappa shape index (κ1) is 18.9. The highest BCUT2D eigenvalue weighted by molar-refractivity contribution is 8.19. The molecule has 0 aromatic heterocycles. The second kappa shape index (κ2) is 8.64. The van der Waals surface area contributed by atoms with Crippen molar-refractivity contribution in [2.75, 3.05) is 16.8 Å². The third-order valence-electron chi connectivity index (χ3n) is 4.01. The van der Waals surface area contributed by atoms with Crippen LogP contribution in [0.25, 0.3) is 0 Å². The van der Waals surface area contributed by atoms with E-state index < -0.39 is 12.1 Å². The number of carbonyl (C=O) groups is 2. The summed E-state index contributed by atoms with van der Waals surface area (Å²) in [5.74, 6) is 1.48. The van der Waals surface area contributed by atoms with Crippen molar-refractivity contribution in [1.82, 2.24) is 0 Å². The van der Waals surface area contributed by atoms with Crippen LogP contribution in [-0.4, -0.2) is 29.5 Å². The molecule has 1 fully saturated rings. The molecule has 1 saturated heterocycles. The summed E-state index contributed by atoms with van der Waals surface area (Å²) >= 11 is 3.84. The first-order valence-corrected chi connectivity index (χ1v) is 10.5. The smallest absolute Gasteiger partial charge is 0.338 e. The minimum Gasteiger partial charge on any atom is -0.449 e. The van der Waals surface area contributed by atoms with E-state index in [9.17, 15) is 9.59 Å². The van der Waals surface area contributed by atoms with Crippen LogP contribution in [0, 0.1) is 6.92 Å². The van der Waals surface area contributed by atoms with Crippen molar-refractivity contribution in [3.8, 4) is 0 Å². The molecule has 0 bridgehead atoms. The Balaban J connectivity index is 1.56. The van der Waals surface area contributed by atoms with Crippen LogP contribution in [0.15, 0.2) is 48.5 Å². The van der Waals surface area contributed by atoms with E-state index in [1.54, 1.807) is 19.1 Å². The standard InChI is InChI=1S/C20H21NO3S2/c1-13-3-9-17(10-4-13)21-18(22)14(2)24-19(23)15-5-7-16(8-6-15)20-25-11-12-26-20/h3-10,14,20H,11-12H2,1-2H3,(H,21,22)/t14-/m0/s1. The van der Waals surface area contributed by atoms with Crippen LogP contribution < -0.4 is 5.32 Å². The SMILES string of the molecule is Cc1ccc(NC(=O)[C@H](C)OC(=O)c2ccc(C3SCCS3)cc2)cc1. The second-order valence-corrected chi connectivity index (χ2v) is 8.82. The molecule has 1 aliphatic rings. The lowest BCUT2D eigenvalue weighted by atomic mass is 10.1. The third-order valence-corrected chi connectivity index (χ3v) is 7.12. The lowest BCUT2D eigenvalue weighted by molar-refractivity contribution is -0.123. The number of thioether (sulfide) groups is 2. The number of aryl methyl sites for hydroxylation is 1. The fraction of sp³-hybridized carbons (Fsp3) is 0.300. The highest BCUT2D eigenvalue weighted by Gasteiger charge is 2.21. The maximum absolute atomic E-state index is 12.3. The van der Waals surface area contributed by atoms with Crippen LogP contribution in [0.5, 0.6) is 0 Å². The van der Waals surface area contributed by atoms with E-state index in [0.717, 1.165) is 17.1 Å². The van der Waals surface area contributed by atoms with Crippen molar-refractivity contribution in [2.24, 2.45) is 0 Å². The summed E-state index contributed by atoms with van der Waals surface area (Å²) in [5.41, 5.74) is 3.45. The van der Waals surface area contributed by atoms with E-state index in [2.05, 4.69) is 5.32 Å². The lowest BCUT2D eigenvalue weighted by Gasteiger charge is -2.14. The van der Waals surface area contributed by atoms with Crippen molar-refractivity contribution >= 4 is 41.1 Å². The minimum atomic E-state index is -0.871. The number of hydrogen-bond donors (Lipinski definition) is 1. The van der Waals surface area contributed by atoms with Gasteiger partial charge in [-0.25, -0.2) is 4.79 Å². The highest BCUT2D eigenvalue weighted by atomic mass is 32.2. The zero-order valence-corrected chi connectivity index (χ0v) is 16.4. The van der Waals surface area contributed by atoms with Gasteiger partial charge in [0, 0.05) is 17.2 Å². The monoisotopic (exact) mass is 387 g/mol. The van der Waals surface area contributed by atoms with E-state index in [1.807, 2.05) is 66.8 Å². The maximum atomic E-state index is 12.3. The summed E-state index contributed by atoms with van der Waals surface area (Å²) in [4.78, 5) is 24.5.